The van der Waals surface area contributed by atoms with E-state index < -0.39 is 23.6 Å². The summed E-state index contributed by atoms with van der Waals surface area (Å²) in [6.07, 6.45) is 0.895. The molecule has 0 bridgehead atoms. The van der Waals surface area contributed by atoms with Crippen LogP contribution in [0.1, 0.15) is 38.3 Å². The van der Waals surface area contributed by atoms with Crippen LogP contribution in [-0.4, -0.2) is 37.9 Å². The monoisotopic (exact) mass is 363 g/mol. The van der Waals surface area contributed by atoms with Gasteiger partial charge in [0, 0.05) is 12.1 Å². The molecule has 0 heterocycles. The quantitative estimate of drug-likeness (QED) is 0.475. The van der Waals surface area contributed by atoms with Gasteiger partial charge in [-0.25, -0.2) is 9.59 Å². The van der Waals surface area contributed by atoms with Gasteiger partial charge in [-0.3, -0.25) is 4.79 Å². The predicted molar refractivity (Wildman–Crippen MR) is 96.1 cm³/mol. The van der Waals surface area contributed by atoms with E-state index in [-0.39, 0.29) is 12.0 Å². The van der Waals surface area contributed by atoms with Crippen molar-refractivity contribution in [1.29, 1.82) is 0 Å². The van der Waals surface area contributed by atoms with Crippen molar-refractivity contribution in [3.05, 3.63) is 41.0 Å². The van der Waals surface area contributed by atoms with E-state index in [4.69, 9.17) is 4.74 Å². The zero-order valence-electron chi connectivity index (χ0n) is 15.8. The molecular formula is C19H25NO6. The summed E-state index contributed by atoms with van der Waals surface area (Å²) in [4.78, 5) is 34.8. The van der Waals surface area contributed by atoms with Gasteiger partial charge in [-0.05, 0) is 38.0 Å². The summed E-state index contributed by atoms with van der Waals surface area (Å²) in [5.41, 5.74) is 1.22. The lowest BCUT2D eigenvalue weighted by Crippen LogP contribution is -2.32. The first-order valence-electron chi connectivity index (χ1n) is 8.06. The number of alkyl carbamates (subject to hydrolysis) is 1. The van der Waals surface area contributed by atoms with E-state index in [0.29, 0.717) is 6.54 Å². The molecule has 26 heavy (non-hydrogen) atoms. The maximum absolute atomic E-state index is 11.8. The summed E-state index contributed by atoms with van der Waals surface area (Å²) >= 11 is 0. The van der Waals surface area contributed by atoms with Gasteiger partial charge < -0.3 is 19.5 Å². The molecule has 7 heteroatoms. The van der Waals surface area contributed by atoms with Crippen molar-refractivity contribution in [3.63, 3.8) is 0 Å². The van der Waals surface area contributed by atoms with Gasteiger partial charge in [-0.15, -0.1) is 0 Å². The maximum Gasteiger partial charge on any atom is 0.407 e. The van der Waals surface area contributed by atoms with Gasteiger partial charge in [0.15, 0.2) is 0 Å². The third kappa shape index (κ3) is 7.83. The largest absolute Gasteiger partial charge is 0.469 e. The Labute approximate surface area is 153 Å². The Morgan fingerprint density at radius 1 is 1.04 bits per heavy atom. The van der Waals surface area contributed by atoms with Gasteiger partial charge in [0.25, 0.3) is 0 Å². The van der Waals surface area contributed by atoms with E-state index in [1.807, 2.05) is 0 Å². The molecule has 0 saturated heterocycles. The van der Waals surface area contributed by atoms with Crippen LogP contribution in [0.2, 0.25) is 0 Å². The number of benzene rings is 1. The SMILES string of the molecule is COC(=O)C/C(=C\c1ccc(CNC(=O)OC(C)(C)C)cc1)C(=O)OC. The molecule has 0 fully saturated rings. The normalized spacial score (nSPS) is 11.5. The molecule has 0 atom stereocenters. The van der Waals surface area contributed by atoms with E-state index in [1.54, 1.807) is 51.1 Å². The second-order valence-corrected chi connectivity index (χ2v) is 6.51. The van der Waals surface area contributed by atoms with E-state index in [0.717, 1.165) is 11.1 Å². The van der Waals surface area contributed by atoms with Crippen LogP contribution in [0.25, 0.3) is 6.08 Å². The van der Waals surface area contributed by atoms with E-state index in [9.17, 15) is 14.4 Å². The fourth-order valence-electron chi connectivity index (χ4n) is 1.96. The Bertz CT molecular complexity index is 670. The highest BCUT2D eigenvalue weighted by Crippen LogP contribution is 2.14. The Hall–Kier alpha value is -2.83. The Morgan fingerprint density at radius 3 is 2.15 bits per heavy atom. The number of hydrogen-bond acceptors (Lipinski definition) is 6. The van der Waals surface area contributed by atoms with Crippen LogP contribution < -0.4 is 5.32 Å². The van der Waals surface area contributed by atoms with Crippen molar-refractivity contribution >= 4 is 24.1 Å². The third-order valence-electron chi connectivity index (χ3n) is 3.17. The first kappa shape index (κ1) is 21.2. The summed E-state index contributed by atoms with van der Waals surface area (Å²) in [5, 5.41) is 2.66. The molecule has 1 rings (SSSR count). The second-order valence-electron chi connectivity index (χ2n) is 6.51. The van der Waals surface area contributed by atoms with Crippen LogP contribution in [0, 0.1) is 0 Å². The lowest BCUT2D eigenvalue weighted by Gasteiger charge is -2.19. The number of nitrogens with one attached hydrogen (secondary N) is 1. The first-order valence-corrected chi connectivity index (χ1v) is 8.06. The molecule has 0 aromatic heterocycles. The molecule has 1 N–H and O–H groups in total. The maximum atomic E-state index is 11.8. The molecule has 1 amide bonds. The molecule has 142 valence electrons. The molecular weight excluding hydrogens is 338 g/mol. The minimum atomic E-state index is -0.592. The Balaban J connectivity index is 2.76. The zero-order chi connectivity index (χ0) is 19.7. The van der Waals surface area contributed by atoms with E-state index >= 15 is 0 Å². The topological polar surface area (TPSA) is 90.9 Å². The summed E-state index contributed by atoms with van der Waals surface area (Å²) in [6.45, 7) is 5.69. The number of carbonyl (C=O) groups is 3. The van der Waals surface area contributed by atoms with Gasteiger partial charge >= 0.3 is 18.0 Å². The fraction of sp³-hybridized carbons (Fsp3) is 0.421. The summed E-state index contributed by atoms with van der Waals surface area (Å²) in [6, 6.07) is 7.14. The van der Waals surface area contributed by atoms with Crippen molar-refractivity contribution in [2.45, 2.75) is 39.3 Å². The number of methoxy groups -OCH3 is 2. The highest BCUT2D eigenvalue weighted by molar-refractivity contribution is 5.98. The van der Waals surface area contributed by atoms with Crippen molar-refractivity contribution in [3.8, 4) is 0 Å². The first-order chi connectivity index (χ1) is 12.1. The van der Waals surface area contributed by atoms with Crippen LogP contribution >= 0.6 is 0 Å². The van der Waals surface area contributed by atoms with Crippen molar-refractivity contribution < 1.29 is 28.6 Å². The highest BCUT2D eigenvalue weighted by Gasteiger charge is 2.16. The lowest BCUT2D eigenvalue weighted by atomic mass is 10.1. The molecule has 1 aromatic carbocycles. The van der Waals surface area contributed by atoms with Gasteiger partial charge in [0.05, 0.1) is 20.6 Å². The third-order valence-corrected chi connectivity index (χ3v) is 3.17. The predicted octanol–water partition coefficient (Wildman–Crippen LogP) is 2.83. The molecule has 0 aliphatic heterocycles. The van der Waals surface area contributed by atoms with Gasteiger partial charge in [-0.2, -0.15) is 0 Å². The Morgan fingerprint density at radius 2 is 1.65 bits per heavy atom. The van der Waals surface area contributed by atoms with Crippen LogP contribution in [0.4, 0.5) is 4.79 Å². The van der Waals surface area contributed by atoms with Gasteiger partial charge in [0.2, 0.25) is 0 Å². The molecule has 1 aromatic rings. The van der Waals surface area contributed by atoms with E-state index in [2.05, 4.69) is 14.8 Å². The molecule has 0 spiro atoms. The summed E-state index contributed by atoms with van der Waals surface area (Å²) in [5.74, 6) is -1.12. The number of ether oxygens (including phenoxy) is 3. The number of rotatable bonds is 6. The average molecular weight is 363 g/mol. The van der Waals surface area contributed by atoms with Gasteiger partial charge in [0.1, 0.15) is 5.60 Å². The standard InChI is InChI=1S/C19H25NO6/c1-19(2,3)26-18(23)20-12-14-8-6-13(7-9-14)10-15(17(22)25-5)11-16(21)24-4/h6-10H,11-12H2,1-5H3,(H,20,23)/b15-10+. The second kappa shape index (κ2) is 9.60. The van der Waals surface area contributed by atoms with Crippen LogP contribution in [0.3, 0.4) is 0 Å². The van der Waals surface area contributed by atoms with Crippen molar-refractivity contribution in [2.24, 2.45) is 0 Å². The van der Waals surface area contributed by atoms with Crippen molar-refractivity contribution in [2.75, 3.05) is 14.2 Å². The lowest BCUT2D eigenvalue weighted by molar-refractivity contribution is -0.143. The molecule has 0 aliphatic carbocycles. The zero-order valence-corrected chi connectivity index (χ0v) is 15.8. The minimum Gasteiger partial charge on any atom is -0.469 e. The molecule has 7 nitrogen and oxygen atoms in total. The highest BCUT2D eigenvalue weighted by atomic mass is 16.6. The summed E-state index contributed by atoms with van der Waals surface area (Å²) < 4.78 is 14.4. The van der Waals surface area contributed by atoms with Crippen LogP contribution in [0.5, 0.6) is 0 Å². The van der Waals surface area contributed by atoms with Crippen molar-refractivity contribution in [1.82, 2.24) is 5.32 Å². The number of hydrogen-bond donors (Lipinski definition) is 1. The average Bonchev–Trinajstić information content (AvgIpc) is 2.58. The fourth-order valence-corrected chi connectivity index (χ4v) is 1.96. The molecule has 0 unspecified atom stereocenters. The Kier molecular flexibility index (Phi) is 7.83. The molecule has 0 aliphatic rings. The molecule has 0 radical (unpaired) electrons. The smallest absolute Gasteiger partial charge is 0.407 e. The minimum absolute atomic E-state index is 0.175. The number of amides is 1. The van der Waals surface area contributed by atoms with E-state index in [1.165, 1.54) is 14.2 Å². The number of esters is 2. The number of carbonyl (C=O) groups excluding carboxylic acids is 3. The summed E-state index contributed by atoms with van der Waals surface area (Å²) in [7, 11) is 2.50. The molecule has 0 saturated carbocycles. The van der Waals surface area contributed by atoms with Crippen LogP contribution in [0.15, 0.2) is 29.8 Å². The van der Waals surface area contributed by atoms with Gasteiger partial charge in [-0.1, -0.05) is 24.3 Å². The van der Waals surface area contributed by atoms with Crippen LogP contribution in [-0.2, 0) is 30.3 Å².